The van der Waals surface area contributed by atoms with Crippen LogP contribution in [0.5, 0.6) is 0 Å². The minimum absolute atomic E-state index is 0. The molecular weight excluding hydrogens is 306 g/mol. The number of nitrogens with zero attached hydrogens (tertiary/aromatic N) is 2. The van der Waals surface area contributed by atoms with Crippen molar-refractivity contribution in [1.29, 1.82) is 0 Å². The molecule has 0 radical (unpaired) electrons. The maximum absolute atomic E-state index is 12.3. The Bertz CT molecular complexity index is 491. The maximum Gasteiger partial charge on any atom is 0.242 e. The Balaban J connectivity index is 0.00000441. The third kappa shape index (κ3) is 5.65. The van der Waals surface area contributed by atoms with Gasteiger partial charge in [0.1, 0.15) is 12.1 Å². The third-order valence-corrected chi connectivity index (χ3v) is 3.36. The van der Waals surface area contributed by atoms with Crippen LogP contribution in [0, 0.1) is 0 Å². The first kappa shape index (κ1) is 20.4. The highest BCUT2D eigenvalue weighted by atomic mass is 35.5. The fourth-order valence-electron chi connectivity index (χ4n) is 1.87. The predicted molar refractivity (Wildman–Crippen MR) is 87.8 cm³/mol. The smallest absolute Gasteiger partial charge is 0.242 e. The molecule has 1 rings (SSSR count). The van der Waals surface area contributed by atoms with Crippen LogP contribution in [0.2, 0.25) is 0 Å². The van der Waals surface area contributed by atoms with Gasteiger partial charge in [0.15, 0.2) is 0 Å². The van der Waals surface area contributed by atoms with Crippen LogP contribution in [0.4, 0.5) is 0 Å². The van der Waals surface area contributed by atoms with Gasteiger partial charge in [0.25, 0.3) is 0 Å². The zero-order valence-corrected chi connectivity index (χ0v) is 14.5. The number of carbonyl (C=O) groups is 2. The summed E-state index contributed by atoms with van der Waals surface area (Å²) < 4.78 is 1.63. The lowest BCUT2D eigenvalue weighted by atomic mass is 10.1. The number of halogens is 1. The van der Waals surface area contributed by atoms with Crippen molar-refractivity contribution in [2.24, 2.45) is 7.05 Å². The number of amides is 2. The van der Waals surface area contributed by atoms with Gasteiger partial charge in [-0.25, -0.2) is 0 Å². The lowest BCUT2D eigenvalue weighted by Gasteiger charge is -2.20. The lowest BCUT2D eigenvalue weighted by Crippen LogP contribution is -2.49. The van der Waals surface area contributed by atoms with Gasteiger partial charge in [-0.2, -0.15) is 5.10 Å². The molecule has 0 aliphatic rings. The average Bonchev–Trinajstić information content (AvgIpc) is 2.85. The van der Waals surface area contributed by atoms with Crippen molar-refractivity contribution in [3.8, 4) is 0 Å². The quantitative estimate of drug-likeness (QED) is 0.680. The number of carbonyl (C=O) groups excluding carboxylic acids is 2. The Morgan fingerprint density at radius 3 is 2.36 bits per heavy atom. The predicted octanol–water partition coefficient (Wildman–Crippen LogP) is 0.522. The first-order valence-corrected chi connectivity index (χ1v) is 7.15. The van der Waals surface area contributed by atoms with E-state index in [1.165, 1.54) is 0 Å². The second-order valence-corrected chi connectivity index (χ2v) is 5.22. The van der Waals surface area contributed by atoms with E-state index < -0.39 is 12.1 Å². The number of aryl methyl sites for hydroxylation is 1. The van der Waals surface area contributed by atoms with E-state index in [-0.39, 0.29) is 30.3 Å². The number of nitrogens with one attached hydrogen (secondary N) is 3. The van der Waals surface area contributed by atoms with Crippen LogP contribution in [0.3, 0.4) is 0 Å². The molecular formula is C14H26ClN5O2. The number of hydrogen-bond acceptors (Lipinski definition) is 4. The second kappa shape index (κ2) is 9.42. The van der Waals surface area contributed by atoms with E-state index >= 15 is 0 Å². The van der Waals surface area contributed by atoms with Gasteiger partial charge in [-0.05, 0) is 27.3 Å². The van der Waals surface area contributed by atoms with Crippen molar-refractivity contribution in [2.45, 2.75) is 45.3 Å². The molecule has 3 unspecified atom stereocenters. The molecule has 7 nitrogen and oxygen atoms in total. The average molecular weight is 332 g/mol. The van der Waals surface area contributed by atoms with Crippen molar-refractivity contribution in [1.82, 2.24) is 25.7 Å². The molecule has 1 aromatic rings. The monoisotopic (exact) mass is 331 g/mol. The van der Waals surface area contributed by atoms with Crippen LogP contribution in [0.1, 0.15) is 38.8 Å². The minimum atomic E-state index is -0.584. The largest absolute Gasteiger partial charge is 0.352 e. The molecule has 0 saturated carbocycles. The molecule has 3 atom stereocenters. The van der Waals surface area contributed by atoms with Crippen molar-refractivity contribution in [3.05, 3.63) is 18.0 Å². The first-order chi connectivity index (χ1) is 9.88. The Morgan fingerprint density at radius 1 is 1.27 bits per heavy atom. The summed E-state index contributed by atoms with van der Waals surface area (Å²) in [5.41, 5.74) is 0.757. The van der Waals surface area contributed by atoms with E-state index in [1.54, 1.807) is 38.1 Å². The molecule has 1 aromatic heterocycles. The number of likely N-dealkylation sites (N-methyl/N-ethyl adjacent to an activating group) is 1. The van der Waals surface area contributed by atoms with E-state index in [1.807, 2.05) is 13.8 Å². The third-order valence-electron chi connectivity index (χ3n) is 3.36. The molecule has 126 valence electrons. The normalized spacial score (nSPS) is 14.4. The van der Waals surface area contributed by atoms with E-state index in [2.05, 4.69) is 21.0 Å². The fourth-order valence-corrected chi connectivity index (χ4v) is 1.87. The zero-order valence-electron chi connectivity index (χ0n) is 13.7. The van der Waals surface area contributed by atoms with Gasteiger partial charge in [0, 0.05) is 24.8 Å². The molecule has 0 saturated heterocycles. The Morgan fingerprint density at radius 2 is 1.91 bits per heavy atom. The van der Waals surface area contributed by atoms with Crippen LogP contribution in [0.25, 0.3) is 0 Å². The van der Waals surface area contributed by atoms with E-state index in [0.29, 0.717) is 0 Å². The van der Waals surface area contributed by atoms with Crippen LogP contribution < -0.4 is 16.0 Å². The van der Waals surface area contributed by atoms with Gasteiger partial charge in [-0.1, -0.05) is 6.92 Å². The summed E-state index contributed by atoms with van der Waals surface area (Å²) in [7, 11) is 3.48. The van der Waals surface area contributed by atoms with Crippen LogP contribution in [-0.2, 0) is 16.6 Å². The Kier molecular flexibility index (Phi) is 8.74. The highest BCUT2D eigenvalue weighted by Crippen LogP contribution is 2.11. The number of aromatic nitrogens is 2. The zero-order chi connectivity index (χ0) is 16.0. The molecule has 0 aliphatic heterocycles. The van der Waals surface area contributed by atoms with Crippen LogP contribution in [-0.4, -0.2) is 40.7 Å². The summed E-state index contributed by atoms with van der Waals surface area (Å²) in [5.74, 6) is -0.434. The van der Waals surface area contributed by atoms with Gasteiger partial charge in [0.2, 0.25) is 11.8 Å². The van der Waals surface area contributed by atoms with E-state index in [9.17, 15) is 9.59 Å². The van der Waals surface area contributed by atoms with Crippen LogP contribution >= 0.6 is 12.4 Å². The molecule has 0 aromatic carbocycles. The molecule has 3 N–H and O–H groups in total. The second-order valence-electron chi connectivity index (χ2n) is 5.22. The summed E-state index contributed by atoms with van der Waals surface area (Å²) >= 11 is 0. The first-order valence-electron chi connectivity index (χ1n) is 7.15. The highest BCUT2D eigenvalue weighted by molar-refractivity contribution is 5.90. The van der Waals surface area contributed by atoms with Gasteiger partial charge >= 0.3 is 0 Å². The standard InChI is InChI=1S/C14H25N5O2.ClH/c1-6-9(2)17-13(20)10(3)18-14(21)12(15-4)11-7-16-19(5)8-11;/h7-10,12,15H,6H2,1-5H3,(H,17,20)(H,18,21);1H. The summed E-state index contributed by atoms with van der Waals surface area (Å²) in [5, 5.41) is 12.5. The molecule has 0 spiro atoms. The van der Waals surface area contributed by atoms with Crippen LogP contribution in [0.15, 0.2) is 12.4 Å². The molecule has 8 heteroatoms. The van der Waals surface area contributed by atoms with Crippen molar-refractivity contribution >= 4 is 24.2 Å². The topological polar surface area (TPSA) is 88.1 Å². The molecule has 1 heterocycles. The Hall–Kier alpha value is -1.60. The molecule has 0 bridgehead atoms. The Labute approximate surface area is 137 Å². The summed E-state index contributed by atoms with van der Waals surface area (Å²) in [4.78, 5) is 24.2. The molecule has 0 fully saturated rings. The molecule has 22 heavy (non-hydrogen) atoms. The van der Waals surface area contributed by atoms with Crippen molar-refractivity contribution in [3.63, 3.8) is 0 Å². The van der Waals surface area contributed by atoms with Crippen molar-refractivity contribution < 1.29 is 9.59 Å². The summed E-state index contributed by atoms with van der Waals surface area (Å²) in [6.45, 7) is 5.59. The van der Waals surface area contributed by atoms with E-state index in [4.69, 9.17) is 0 Å². The van der Waals surface area contributed by atoms with Crippen molar-refractivity contribution in [2.75, 3.05) is 7.05 Å². The number of rotatable bonds is 7. The number of hydrogen-bond donors (Lipinski definition) is 3. The minimum Gasteiger partial charge on any atom is -0.352 e. The molecule has 2 amide bonds. The van der Waals surface area contributed by atoms with E-state index in [0.717, 1.165) is 12.0 Å². The van der Waals surface area contributed by atoms with Gasteiger partial charge < -0.3 is 16.0 Å². The van der Waals surface area contributed by atoms with Gasteiger partial charge in [-0.15, -0.1) is 12.4 Å². The summed E-state index contributed by atoms with van der Waals surface area (Å²) in [6.07, 6.45) is 4.25. The fraction of sp³-hybridized carbons (Fsp3) is 0.643. The summed E-state index contributed by atoms with van der Waals surface area (Å²) in [6, 6.07) is -1.02. The molecule has 0 aliphatic carbocycles. The van der Waals surface area contributed by atoms with Gasteiger partial charge in [0.05, 0.1) is 6.20 Å². The maximum atomic E-state index is 12.3. The SMILES string of the molecule is CCC(C)NC(=O)C(C)NC(=O)C(NC)c1cnn(C)c1.Cl. The highest BCUT2D eigenvalue weighted by Gasteiger charge is 2.24. The van der Waals surface area contributed by atoms with Gasteiger partial charge in [-0.3, -0.25) is 14.3 Å². The lowest BCUT2D eigenvalue weighted by molar-refractivity contribution is -0.130.